The van der Waals surface area contributed by atoms with Gasteiger partial charge in [-0.05, 0) is 26.0 Å². The second-order valence-corrected chi connectivity index (χ2v) is 5.69. The molecule has 2 rings (SSSR count). The van der Waals surface area contributed by atoms with E-state index in [2.05, 4.69) is 10.6 Å². The van der Waals surface area contributed by atoms with Gasteiger partial charge in [-0.1, -0.05) is 0 Å². The molecule has 7 heteroatoms. The first-order chi connectivity index (χ1) is 10.9. The fraction of sp³-hybridized carbons (Fsp3) is 0.500. The van der Waals surface area contributed by atoms with E-state index in [1.807, 2.05) is 13.8 Å². The van der Waals surface area contributed by atoms with Crippen molar-refractivity contribution in [1.82, 2.24) is 4.90 Å². The molecule has 0 bridgehead atoms. The molecule has 0 aromatic heterocycles. The van der Waals surface area contributed by atoms with Gasteiger partial charge in [-0.3, -0.25) is 4.79 Å². The van der Waals surface area contributed by atoms with Gasteiger partial charge in [0.15, 0.2) is 0 Å². The molecule has 1 aliphatic heterocycles. The number of benzene rings is 1. The number of hydrogen-bond acceptors (Lipinski definition) is 4. The van der Waals surface area contributed by atoms with E-state index in [0.29, 0.717) is 30.2 Å². The van der Waals surface area contributed by atoms with Crippen LogP contribution in [0.1, 0.15) is 20.8 Å². The standard InChI is InChI=1S/C16H23N3O4/c1-10-8-19(9-11(2)23-10)16(21)18-13-5-6-14(17-12(3)20)15(7-13)22-4/h5-7,10-11H,8-9H2,1-4H3,(H,17,20)(H,18,21)/t10-,11-/m1/s1. The van der Waals surface area contributed by atoms with Crippen molar-refractivity contribution >= 4 is 23.3 Å². The molecular weight excluding hydrogens is 298 g/mol. The maximum Gasteiger partial charge on any atom is 0.322 e. The smallest absolute Gasteiger partial charge is 0.322 e. The van der Waals surface area contributed by atoms with Crippen LogP contribution in [0.25, 0.3) is 0 Å². The normalized spacial score (nSPS) is 20.8. The minimum Gasteiger partial charge on any atom is -0.494 e. The van der Waals surface area contributed by atoms with Crippen LogP contribution in [0.2, 0.25) is 0 Å². The lowest BCUT2D eigenvalue weighted by atomic mass is 10.2. The lowest BCUT2D eigenvalue weighted by Crippen LogP contribution is -2.49. The van der Waals surface area contributed by atoms with Crippen LogP contribution in [-0.4, -0.2) is 49.2 Å². The fourth-order valence-corrected chi connectivity index (χ4v) is 2.61. The Bertz CT molecular complexity index is 581. The molecule has 0 radical (unpaired) electrons. The number of ether oxygens (including phenoxy) is 2. The van der Waals surface area contributed by atoms with Crippen molar-refractivity contribution in [3.8, 4) is 5.75 Å². The Hall–Kier alpha value is -2.28. The third-order valence-electron chi connectivity index (χ3n) is 3.47. The molecule has 126 valence electrons. The summed E-state index contributed by atoms with van der Waals surface area (Å²) < 4.78 is 10.9. The number of urea groups is 1. The van der Waals surface area contributed by atoms with E-state index in [9.17, 15) is 9.59 Å². The lowest BCUT2D eigenvalue weighted by molar-refractivity contribution is -0.114. The van der Waals surface area contributed by atoms with Crippen LogP contribution in [0, 0.1) is 0 Å². The van der Waals surface area contributed by atoms with E-state index in [0.717, 1.165) is 0 Å². The van der Waals surface area contributed by atoms with Gasteiger partial charge in [-0.2, -0.15) is 0 Å². The summed E-state index contributed by atoms with van der Waals surface area (Å²) in [5.74, 6) is 0.304. The first kappa shape index (κ1) is 17.1. The molecule has 0 saturated carbocycles. The zero-order chi connectivity index (χ0) is 17.0. The molecule has 0 aliphatic carbocycles. The van der Waals surface area contributed by atoms with Gasteiger partial charge in [-0.25, -0.2) is 4.79 Å². The number of anilines is 2. The van der Waals surface area contributed by atoms with Crippen molar-refractivity contribution < 1.29 is 19.1 Å². The summed E-state index contributed by atoms with van der Waals surface area (Å²) >= 11 is 0. The monoisotopic (exact) mass is 321 g/mol. The van der Waals surface area contributed by atoms with Crippen LogP contribution in [0.3, 0.4) is 0 Å². The van der Waals surface area contributed by atoms with Crippen molar-refractivity contribution in [2.75, 3.05) is 30.8 Å². The Balaban J connectivity index is 2.07. The summed E-state index contributed by atoms with van der Waals surface area (Å²) in [5.41, 5.74) is 1.17. The molecule has 1 heterocycles. The molecule has 3 amide bonds. The minimum atomic E-state index is -0.184. The largest absolute Gasteiger partial charge is 0.494 e. The van der Waals surface area contributed by atoms with E-state index in [1.165, 1.54) is 14.0 Å². The van der Waals surface area contributed by atoms with Crippen molar-refractivity contribution in [3.05, 3.63) is 18.2 Å². The molecule has 0 unspecified atom stereocenters. The van der Waals surface area contributed by atoms with Crippen LogP contribution < -0.4 is 15.4 Å². The highest BCUT2D eigenvalue weighted by molar-refractivity contribution is 5.93. The second-order valence-electron chi connectivity index (χ2n) is 5.69. The number of nitrogens with one attached hydrogen (secondary N) is 2. The minimum absolute atomic E-state index is 0.0150. The molecule has 1 fully saturated rings. The Morgan fingerprint density at radius 2 is 1.87 bits per heavy atom. The Kier molecular flexibility index (Phi) is 5.44. The predicted molar refractivity (Wildman–Crippen MR) is 87.9 cm³/mol. The first-order valence-corrected chi connectivity index (χ1v) is 7.56. The second kappa shape index (κ2) is 7.32. The van der Waals surface area contributed by atoms with Gasteiger partial charge in [0, 0.05) is 31.8 Å². The lowest BCUT2D eigenvalue weighted by Gasteiger charge is -2.35. The van der Waals surface area contributed by atoms with E-state index >= 15 is 0 Å². The van der Waals surface area contributed by atoms with Crippen molar-refractivity contribution in [2.45, 2.75) is 33.0 Å². The molecule has 1 saturated heterocycles. The molecule has 0 spiro atoms. The molecule has 1 aromatic rings. The van der Waals surface area contributed by atoms with E-state index in [-0.39, 0.29) is 24.1 Å². The number of hydrogen-bond donors (Lipinski definition) is 2. The van der Waals surface area contributed by atoms with E-state index < -0.39 is 0 Å². The highest BCUT2D eigenvalue weighted by atomic mass is 16.5. The third-order valence-corrected chi connectivity index (χ3v) is 3.47. The quantitative estimate of drug-likeness (QED) is 0.895. The van der Waals surface area contributed by atoms with Gasteiger partial charge in [0.05, 0.1) is 25.0 Å². The molecule has 2 N–H and O–H groups in total. The molecule has 7 nitrogen and oxygen atoms in total. The summed E-state index contributed by atoms with van der Waals surface area (Å²) in [5, 5.41) is 5.52. The van der Waals surface area contributed by atoms with Crippen molar-refractivity contribution in [3.63, 3.8) is 0 Å². The Morgan fingerprint density at radius 3 is 2.43 bits per heavy atom. The Labute approximate surface area is 135 Å². The average molecular weight is 321 g/mol. The summed E-state index contributed by atoms with van der Waals surface area (Å²) in [4.78, 5) is 25.3. The number of carbonyl (C=O) groups is 2. The molecule has 1 aromatic carbocycles. The third kappa shape index (κ3) is 4.59. The number of nitrogens with zero attached hydrogens (tertiary/aromatic N) is 1. The van der Waals surface area contributed by atoms with Crippen LogP contribution in [0.5, 0.6) is 5.75 Å². The van der Waals surface area contributed by atoms with Gasteiger partial charge in [0.25, 0.3) is 0 Å². The summed E-state index contributed by atoms with van der Waals surface area (Å²) in [6.07, 6.45) is 0.0300. The number of methoxy groups -OCH3 is 1. The molecule has 2 atom stereocenters. The summed E-state index contributed by atoms with van der Waals surface area (Å²) in [6.45, 7) is 6.42. The number of carbonyl (C=O) groups excluding carboxylic acids is 2. The van der Waals surface area contributed by atoms with Crippen LogP contribution >= 0.6 is 0 Å². The SMILES string of the molecule is COc1cc(NC(=O)N2C[C@@H](C)O[C@H](C)C2)ccc1NC(C)=O. The van der Waals surface area contributed by atoms with Crippen molar-refractivity contribution in [1.29, 1.82) is 0 Å². The average Bonchev–Trinajstić information content (AvgIpc) is 2.47. The van der Waals surface area contributed by atoms with Crippen molar-refractivity contribution in [2.24, 2.45) is 0 Å². The van der Waals surface area contributed by atoms with Crippen LogP contribution in [0.15, 0.2) is 18.2 Å². The fourth-order valence-electron chi connectivity index (χ4n) is 2.61. The maximum absolute atomic E-state index is 12.4. The number of rotatable bonds is 3. The highest BCUT2D eigenvalue weighted by Crippen LogP contribution is 2.28. The van der Waals surface area contributed by atoms with Gasteiger partial charge >= 0.3 is 6.03 Å². The molecule has 23 heavy (non-hydrogen) atoms. The van der Waals surface area contributed by atoms with Crippen LogP contribution in [-0.2, 0) is 9.53 Å². The zero-order valence-electron chi connectivity index (χ0n) is 13.9. The van der Waals surface area contributed by atoms with E-state index in [4.69, 9.17) is 9.47 Å². The first-order valence-electron chi connectivity index (χ1n) is 7.56. The predicted octanol–water partition coefficient (Wildman–Crippen LogP) is 2.29. The van der Waals surface area contributed by atoms with Gasteiger partial charge in [0.1, 0.15) is 5.75 Å². The Morgan fingerprint density at radius 1 is 1.22 bits per heavy atom. The van der Waals surface area contributed by atoms with Gasteiger partial charge < -0.3 is 25.0 Å². The number of morpholine rings is 1. The molecule has 1 aliphatic rings. The summed E-state index contributed by atoms with van der Waals surface area (Å²) in [6, 6.07) is 4.91. The molecular formula is C16H23N3O4. The van der Waals surface area contributed by atoms with Gasteiger partial charge in [0.2, 0.25) is 5.91 Å². The maximum atomic E-state index is 12.4. The summed E-state index contributed by atoms with van der Waals surface area (Å²) in [7, 11) is 1.51. The van der Waals surface area contributed by atoms with Crippen LogP contribution in [0.4, 0.5) is 16.2 Å². The van der Waals surface area contributed by atoms with E-state index in [1.54, 1.807) is 23.1 Å². The number of amides is 3. The highest BCUT2D eigenvalue weighted by Gasteiger charge is 2.26. The van der Waals surface area contributed by atoms with Gasteiger partial charge in [-0.15, -0.1) is 0 Å². The zero-order valence-corrected chi connectivity index (χ0v) is 13.9. The topological polar surface area (TPSA) is 79.9 Å².